The fraction of sp³-hybridized carbons (Fsp3) is 0.923. The normalized spacial score (nSPS) is 32.5. The van der Waals surface area contributed by atoms with Crippen LogP contribution in [0.25, 0.3) is 0 Å². The van der Waals surface area contributed by atoms with Gasteiger partial charge in [-0.2, -0.15) is 0 Å². The number of fused-ring (bicyclic) bond motifs is 1. The molecule has 0 aromatic heterocycles. The van der Waals surface area contributed by atoms with Gasteiger partial charge < -0.3 is 16.0 Å². The molecule has 0 saturated carbocycles. The maximum atomic E-state index is 12.2. The van der Waals surface area contributed by atoms with Crippen molar-refractivity contribution in [2.75, 3.05) is 25.4 Å². The molecule has 0 radical (unpaired) electrons. The van der Waals surface area contributed by atoms with Crippen LogP contribution in [0.15, 0.2) is 0 Å². The minimum Gasteiger partial charge on any atom is -0.337 e. The Morgan fingerprint density at radius 1 is 1.40 bits per heavy atom. The highest BCUT2D eigenvalue weighted by atomic mass is 32.2. The predicted octanol–water partition coefficient (Wildman–Crippen LogP) is 0.251. The van der Waals surface area contributed by atoms with Crippen molar-refractivity contribution >= 4 is 15.9 Å². The van der Waals surface area contributed by atoms with Gasteiger partial charge in [0.25, 0.3) is 0 Å². The van der Waals surface area contributed by atoms with Gasteiger partial charge in [0.15, 0.2) is 9.84 Å². The number of urea groups is 1. The van der Waals surface area contributed by atoms with Crippen LogP contribution in [0.4, 0.5) is 4.79 Å². The Kier molecular flexibility index (Phi) is 4.03. The van der Waals surface area contributed by atoms with E-state index in [2.05, 4.69) is 16.0 Å². The third-order valence-corrected chi connectivity index (χ3v) is 6.51. The number of hydrogen-bond acceptors (Lipinski definition) is 4. The Labute approximate surface area is 121 Å². The highest BCUT2D eigenvalue weighted by molar-refractivity contribution is 7.92. The molecular formula is C13H25N3O3S. The van der Waals surface area contributed by atoms with Crippen molar-refractivity contribution in [1.29, 1.82) is 0 Å². The summed E-state index contributed by atoms with van der Waals surface area (Å²) in [7, 11) is -3.04. The van der Waals surface area contributed by atoms with E-state index in [1.807, 2.05) is 20.8 Å². The second-order valence-electron chi connectivity index (χ2n) is 7.01. The molecular weight excluding hydrogens is 278 g/mol. The molecule has 0 bridgehead atoms. The summed E-state index contributed by atoms with van der Waals surface area (Å²) in [5.74, 6) is 0.273. The summed E-state index contributed by atoms with van der Waals surface area (Å²) in [6, 6.07) is -0.236. The molecule has 2 atom stereocenters. The Hall–Kier alpha value is -0.820. The van der Waals surface area contributed by atoms with E-state index in [1.54, 1.807) is 0 Å². The van der Waals surface area contributed by atoms with Gasteiger partial charge in [0.2, 0.25) is 0 Å². The van der Waals surface area contributed by atoms with Crippen LogP contribution in [-0.2, 0) is 9.84 Å². The van der Waals surface area contributed by atoms with Crippen molar-refractivity contribution in [2.24, 2.45) is 5.41 Å². The van der Waals surface area contributed by atoms with Crippen LogP contribution in [0, 0.1) is 5.41 Å². The first-order valence-electron chi connectivity index (χ1n) is 7.13. The standard InChI is InChI=1S/C13H25N3O3S/c1-12(2,3)16-11(17)15-9-13-5-4-6-20(18,19)10(13)7-14-8-13/h10,14H,4-9H2,1-3H3,(H2,15,16,17). The summed E-state index contributed by atoms with van der Waals surface area (Å²) in [5, 5.41) is 8.51. The summed E-state index contributed by atoms with van der Waals surface area (Å²) in [5.41, 5.74) is -0.639. The fourth-order valence-corrected chi connectivity index (χ4v) is 5.46. The Morgan fingerprint density at radius 3 is 2.75 bits per heavy atom. The molecule has 116 valence electrons. The van der Waals surface area contributed by atoms with E-state index in [0.29, 0.717) is 26.1 Å². The Bertz CT molecular complexity index is 484. The average Bonchev–Trinajstić information content (AvgIpc) is 2.70. The van der Waals surface area contributed by atoms with Gasteiger partial charge in [-0.15, -0.1) is 0 Å². The van der Waals surface area contributed by atoms with Crippen molar-refractivity contribution in [1.82, 2.24) is 16.0 Å². The lowest BCUT2D eigenvalue weighted by molar-refractivity contribution is 0.217. The molecule has 2 saturated heterocycles. The van der Waals surface area contributed by atoms with Gasteiger partial charge in [-0.1, -0.05) is 0 Å². The van der Waals surface area contributed by atoms with Crippen LogP contribution in [0.1, 0.15) is 33.6 Å². The SMILES string of the molecule is CC(C)(C)NC(=O)NCC12CCCS(=O)(=O)C1CNC2. The number of carbonyl (C=O) groups is 1. The van der Waals surface area contributed by atoms with Crippen LogP contribution in [0.3, 0.4) is 0 Å². The van der Waals surface area contributed by atoms with Crippen LogP contribution < -0.4 is 16.0 Å². The van der Waals surface area contributed by atoms with Gasteiger partial charge in [0.1, 0.15) is 0 Å². The van der Waals surface area contributed by atoms with Gasteiger partial charge in [-0.25, -0.2) is 13.2 Å². The first kappa shape index (κ1) is 15.6. The summed E-state index contributed by atoms with van der Waals surface area (Å²) in [4.78, 5) is 11.9. The van der Waals surface area contributed by atoms with E-state index in [4.69, 9.17) is 0 Å². The molecule has 2 aliphatic rings. The lowest BCUT2D eigenvalue weighted by Crippen LogP contribution is -2.54. The molecule has 2 aliphatic heterocycles. The van der Waals surface area contributed by atoms with Gasteiger partial charge in [-0.05, 0) is 33.6 Å². The highest BCUT2D eigenvalue weighted by Crippen LogP contribution is 2.39. The van der Waals surface area contributed by atoms with Gasteiger partial charge in [0, 0.05) is 30.6 Å². The zero-order chi connectivity index (χ0) is 15.0. The minimum atomic E-state index is -3.04. The molecule has 0 aromatic rings. The molecule has 2 fully saturated rings. The predicted molar refractivity (Wildman–Crippen MR) is 78.4 cm³/mol. The number of amides is 2. The highest BCUT2D eigenvalue weighted by Gasteiger charge is 2.51. The molecule has 0 aliphatic carbocycles. The lowest BCUT2D eigenvalue weighted by Gasteiger charge is -2.38. The summed E-state index contributed by atoms with van der Waals surface area (Å²) < 4.78 is 24.3. The third kappa shape index (κ3) is 3.25. The van der Waals surface area contributed by atoms with E-state index < -0.39 is 9.84 Å². The Morgan fingerprint density at radius 2 is 2.10 bits per heavy atom. The van der Waals surface area contributed by atoms with E-state index >= 15 is 0 Å². The lowest BCUT2D eigenvalue weighted by atomic mass is 9.81. The summed E-state index contributed by atoms with van der Waals surface area (Å²) >= 11 is 0. The Balaban J connectivity index is 2.02. The van der Waals surface area contributed by atoms with Crippen molar-refractivity contribution in [3.63, 3.8) is 0 Å². The minimum absolute atomic E-state index is 0.236. The van der Waals surface area contributed by atoms with Gasteiger partial charge in [-0.3, -0.25) is 0 Å². The quantitative estimate of drug-likeness (QED) is 0.682. The first-order chi connectivity index (χ1) is 9.15. The van der Waals surface area contributed by atoms with E-state index in [0.717, 1.165) is 6.42 Å². The number of hydrogen-bond donors (Lipinski definition) is 3. The smallest absolute Gasteiger partial charge is 0.315 e. The second-order valence-corrected chi connectivity index (χ2v) is 9.31. The molecule has 2 rings (SSSR count). The van der Waals surface area contributed by atoms with E-state index in [1.165, 1.54) is 0 Å². The maximum absolute atomic E-state index is 12.2. The van der Waals surface area contributed by atoms with Crippen LogP contribution in [-0.4, -0.2) is 50.6 Å². The molecule has 20 heavy (non-hydrogen) atoms. The van der Waals surface area contributed by atoms with E-state index in [9.17, 15) is 13.2 Å². The molecule has 3 N–H and O–H groups in total. The number of nitrogens with one attached hydrogen (secondary N) is 3. The second kappa shape index (κ2) is 5.18. The average molecular weight is 303 g/mol. The van der Waals surface area contributed by atoms with Crippen molar-refractivity contribution in [3.8, 4) is 0 Å². The monoisotopic (exact) mass is 303 g/mol. The van der Waals surface area contributed by atoms with Crippen molar-refractivity contribution in [3.05, 3.63) is 0 Å². The fourth-order valence-electron chi connectivity index (χ4n) is 3.21. The van der Waals surface area contributed by atoms with Gasteiger partial charge in [0.05, 0.1) is 11.0 Å². The first-order valence-corrected chi connectivity index (χ1v) is 8.85. The molecule has 6 nitrogen and oxygen atoms in total. The number of carbonyl (C=O) groups excluding carboxylic acids is 1. The molecule has 2 unspecified atom stereocenters. The topological polar surface area (TPSA) is 87.3 Å². The summed E-state index contributed by atoms with van der Waals surface area (Å²) in [6.07, 6.45) is 1.53. The third-order valence-electron chi connectivity index (χ3n) is 4.12. The number of sulfone groups is 1. The van der Waals surface area contributed by atoms with Crippen molar-refractivity contribution < 1.29 is 13.2 Å². The maximum Gasteiger partial charge on any atom is 0.315 e. The van der Waals surface area contributed by atoms with Gasteiger partial charge >= 0.3 is 6.03 Å². The molecule has 7 heteroatoms. The molecule has 2 heterocycles. The molecule has 2 amide bonds. The largest absolute Gasteiger partial charge is 0.337 e. The summed E-state index contributed by atoms with van der Waals surface area (Å²) in [6.45, 7) is 7.31. The van der Waals surface area contributed by atoms with Crippen LogP contribution in [0.2, 0.25) is 0 Å². The van der Waals surface area contributed by atoms with Crippen molar-refractivity contribution in [2.45, 2.75) is 44.4 Å². The van der Waals surface area contributed by atoms with E-state index in [-0.39, 0.29) is 28.0 Å². The molecule has 0 spiro atoms. The van der Waals surface area contributed by atoms with Crippen LogP contribution in [0.5, 0.6) is 0 Å². The van der Waals surface area contributed by atoms with Crippen LogP contribution >= 0.6 is 0 Å². The number of rotatable bonds is 2. The zero-order valence-electron chi connectivity index (χ0n) is 12.5. The molecule has 0 aromatic carbocycles. The zero-order valence-corrected chi connectivity index (χ0v) is 13.3.